The summed E-state index contributed by atoms with van der Waals surface area (Å²) < 4.78 is 0. The Kier molecular flexibility index (Phi) is 3.96. The van der Waals surface area contributed by atoms with E-state index in [1.165, 1.54) is 25.7 Å². The predicted octanol–water partition coefficient (Wildman–Crippen LogP) is 2.09. The molecule has 0 saturated heterocycles. The minimum absolute atomic E-state index is 0.328. The number of nitrogens with zero attached hydrogens (tertiary/aromatic N) is 1. The second kappa shape index (κ2) is 4.63. The molecule has 1 aliphatic carbocycles. The molecule has 2 nitrogen and oxygen atoms in total. The van der Waals surface area contributed by atoms with Crippen LogP contribution in [0.2, 0.25) is 0 Å². The fourth-order valence-corrected chi connectivity index (χ4v) is 2.51. The van der Waals surface area contributed by atoms with Gasteiger partial charge in [-0.1, -0.05) is 20.3 Å². The molecule has 2 unspecified atom stereocenters. The summed E-state index contributed by atoms with van der Waals surface area (Å²) in [6.45, 7) is 5.45. The van der Waals surface area contributed by atoms with Crippen molar-refractivity contribution < 1.29 is 0 Å². The molecule has 14 heavy (non-hydrogen) atoms. The van der Waals surface area contributed by atoms with E-state index in [0.717, 1.165) is 18.5 Å². The fraction of sp³-hybridized carbons (Fsp3) is 1.00. The smallest absolute Gasteiger partial charge is 0.00920 e. The summed E-state index contributed by atoms with van der Waals surface area (Å²) in [5, 5.41) is 0. The maximum Gasteiger partial charge on any atom is 0.00920 e. The molecule has 0 aliphatic heterocycles. The van der Waals surface area contributed by atoms with Crippen LogP contribution in [0.5, 0.6) is 0 Å². The van der Waals surface area contributed by atoms with Crippen LogP contribution in [-0.2, 0) is 0 Å². The molecule has 0 aromatic heterocycles. The molecule has 0 amide bonds. The normalized spacial score (nSPS) is 29.6. The third-order valence-corrected chi connectivity index (χ3v) is 4.01. The first-order chi connectivity index (χ1) is 6.47. The molecule has 2 atom stereocenters. The van der Waals surface area contributed by atoms with Gasteiger partial charge in [-0.15, -0.1) is 0 Å². The molecule has 0 aromatic rings. The van der Waals surface area contributed by atoms with Crippen LogP contribution in [0.25, 0.3) is 0 Å². The van der Waals surface area contributed by atoms with E-state index in [0.29, 0.717) is 5.41 Å². The summed E-state index contributed by atoms with van der Waals surface area (Å²) in [4.78, 5) is 2.37. The Morgan fingerprint density at radius 1 is 1.29 bits per heavy atom. The lowest BCUT2D eigenvalue weighted by atomic mass is 9.69. The van der Waals surface area contributed by atoms with Gasteiger partial charge in [0.05, 0.1) is 0 Å². The van der Waals surface area contributed by atoms with E-state index in [2.05, 4.69) is 32.8 Å². The molecule has 2 heteroatoms. The van der Waals surface area contributed by atoms with Crippen molar-refractivity contribution in [3.05, 3.63) is 0 Å². The lowest BCUT2D eigenvalue weighted by molar-refractivity contribution is 0.105. The molecule has 84 valence electrons. The van der Waals surface area contributed by atoms with Gasteiger partial charge in [-0.3, -0.25) is 0 Å². The van der Waals surface area contributed by atoms with Crippen LogP contribution in [0.1, 0.15) is 39.5 Å². The first-order valence-corrected chi connectivity index (χ1v) is 5.84. The van der Waals surface area contributed by atoms with Crippen molar-refractivity contribution in [3.63, 3.8) is 0 Å². The second-order valence-electron chi connectivity index (χ2n) is 5.67. The van der Waals surface area contributed by atoms with Crippen LogP contribution in [-0.4, -0.2) is 31.6 Å². The van der Waals surface area contributed by atoms with Gasteiger partial charge in [0.1, 0.15) is 0 Å². The topological polar surface area (TPSA) is 29.3 Å². The number of hydrogen-bond acceptors (Lipinski definition) is 2. The maximum absolute atomic E-state index is 5.85. The van der Waals surface area contributed by atoms with Crippen LogP contribution in [0.4, 0.5) is 0 Å². The summed E-state index contributed by atoms with van der Waals surface area (Å²) in [6.07, 6.45) is 5.44. The zero-order valence-electron chi connectivity index (χ0n) is 10.2. The fourth-order valence-electron chi connectivity index (χ4n) is 2.51. The SMILES string of the molecule is CN(C)C1CCCC(C(C)(C)CN)C1. The molecule has 0 radical (unpaired) electrons. The van der Waals surface area contributed by atoms with Gasteiger partial charge in [-0.05, 0) is 51.2 Å². The number of hydrogen-bond donors (Lipinski definition) is 1. The Hall–Kier alpha value is -0.0800. The van der Waals surface area contributed by atoms with Crippen molar-refractivity contribution in [2.75, 3.05) is 20.6 Å². The van der Waals surface area contributed by atoms with Crippen molar-refractivity contribution in [1.82, 2.24) is 4.90 Å². The summed E-state index contributed by atoms with van der Waals surface area (Å²) in [5.41, 5.74) is 6.17. The van der Waals surface area contributed by atoms with Gasteiger partial charge in [-0.2, -0.15) is 0 Å². The van der Waals surface area contributed by atoms with Crippen LogP contribution < -0.4 is 5.73 Å². The molecule has 1 saturated carbocycles. The summed E-state index contributed by atoms with van der Waals surface area (Å²) in [6, 6.07) is 0.777. The minimum Gasteiger partial charge on any atom is -0.330 e. The van der Waals surface area contributed by atoms with Crippen LogP contribution in [0.15, 0.2) is 0 Å². The third kappa shape index (κ3) is 2.71. The molecular formula is C12H26N2. The van der Waals surface area contributed by atoms with Crippen molar-refractivity contribution >= 4 is 0 Å². The highest BCUT2D eigenvalue weighted by Crippen LogP contribution is 2.38. The Labute approximate surface area is 88.8 Å². The zero-order valence-corrected chi connectivity index (χ0v) is 10.2. The second-order valence-corrected chi connectivity index (χ2v) is 5.67. The lowest BCUT2D eigenvalue weighted by Crippen LogP contribution is -2.40. The third-order valence-electron chi connectivity index (χ3n) is 4.01. The summed E-state index contributed by atoms with van der Waals surface area (Å²) in [7, 11) is 4.39. The van der Waals surface area contributed by atoms with E-state index in [9.17, 15) is 0 Å². The van der Waals surface area contributed by atoms with Gasteiger partial charge in [0.15, 0.2) is 0 Å². The van der Waals surface area contributed by atoms with Crippen molar-refractivity contribution in [2.24, 2.45) is 17.1 Å². The van der Waals surface area contributed by atoms with Crippen molar-refractivity contribution in [1.29, 1.82) is 0 Å². The number of rotatable bonds is 3. The molecule has 0 bridgehead atoms. The van der Waals surface area contributed by atoms with Crippen molar-refractivity contribution in [2.45, 2.75) is 45.6 Å². The van der Waals surface area contributed by atoms with Gasteiger partial charge in [0.2, 0.25) is 0 Å². The molecule has 2 N–H and O–H groups in total. The molecule has 1 aliphatic rings. The van der Waals surface area contributed by atoms with E-state index < -0.39 is 0 Å². The molecule has 0 heterocycles. The first kappa shape index (κ1) is 12.0. The quantitative estimate of drug-likeness (QED) is 0.752. The van der Waals surface area contributed by atoms with Gasteiger partial charge < -0.3 is 10.6 Å². The van der Waals surface area contributed by atoms with E-state index >= 15 is 0 Å². The van der Waals surface area contributed by atoms with Crippen molar-refractivity contribution in [3.8, 4) is 0 Å². The Balaban J connectivity index is 2.56. The average molecular weight is 198 g/mol. The molecular weight excluding hydrogens is 172 g/mol. The Morgan fingerprint density at radius 2 is 1.93 bits per heavy atom. The molecule has 1 rings (SSSR count). The highest BCUT2D eigenvalue weighted by Gasteiger charge is 2.33. The lowest BCUT2D eigenvalue weighted by Gasteiger charge is -2.41. The largest absolute Gasteiger partial charge is 0.330 e. The highest BCUT2D eigenvalue weighted by molar-refractivity contribution is 4.86. The summed E-state index contributed by atoms with van der Waals surface area (Å²) >= 11 is 0. The standard InChI is InChI=1S/C12H26N2/c1-12(2,9-13)10-6-5-7-11(8-10)14(3)4/h10-11H,5-9,13H2,1-4H3. The van der Waals surface area contributed by atoms with Crippen LogP contribution in [0, 0.1) is 11.3 Å². The molecule has 0 spiro atoms. The van der Waals surface area contributed by atoms with Gasteiger partial charge in [0.25, 0.3) is 0 Å². The van der Waals surface area contributed by atoms with Gasteiger partial charge in [-0.25, -0.2) is 0 Å². The highest BCUT2D eigenvalue weighted by atomic mass is 15.1. The monoisotopic (exact) mass is 198 g/mol. The van der Waals surface area contributed by atoms with Crippen LogP contribution >= 0.6 is 0 Å². The minimum atomic E-state index is 0.328. The van der Waals surface area contributed by atoms with Crippen LogP contribution in [0.3, 0.4) is 0 Å². The maximum atomic E-state index is 5.85. The summed E-state index contributed by atoms with van der Waals surface area (Å²) in [5.74, 6) is 0.814. The number of nitrogens with two attached hydrogens (primary N) is 1. The van der Waals surface area contributed by atoms with E-state index in [4.69, 9.17) is 5.73 Å². The average Bonchev–Trinajstić information content (AvgIpc) is 2.18. The predicted molar refractivity (Wildman–Crippen MR) is 62.3 cm³/mol. The van der Waals surface area contributed by atoms with Gasteiger partial charge >= 0.3 is 0 Å². The Morgan fingerprint density at radius 3 is 2.43 bits per heavy atom. The van der Waals surface area contributed by atoms with E-state index in [1.807, 2.05) is 0 Å². The zero-order chi connectivity index (χ0) is 10.8. The molecule has 1 fully saturated rings. The van der Waals surface area contributed by atoms with E-state index in [1.54, 1.807) is 0 Å². The van der Waals surface area contributed by atoms with Gasteiger partial charge in [0, 0.05) is 6.04 Å². The molecule has 0 aromatic carbocycles. The first-order valence-electron chi connectivity index (χ1n) is 5.84. The Bertz CT molecular complexity index is 175. The van der Waals surface area contributed by atoms with E-state index in [-0.39, 0.29) is 0 Å².